The van der Waals surface area contributed by atoms with E-state index in [1.165, 1.54) is 12.8 Å². The van der Waals surface area contributed by atoms with Gasteiger partial charge in [0.1, 0.15) is 5.65 Å². The van der Waals surface area contributed by atoms with E-state index in [9.17, 15) is 4.79 Å². The molecule has 126 valence electrons. The molecule has 6 heteroatoms. The van der Waals surface area contributed by atoms with Crippen LogP contribution < -0.4 is 11.3 Å². The van der Waals surface area contributed by atoms with Crippen LogP contribution in [0.5, 0.6) is 0 Å². The van der Waals surface area contributed by atoms with Crippen LogP contribution in [0.1, 0.15) is 30.5 Å². The Labute approximate surface area is 142 Å². The van der Waals surface area contributed by atoms with Crippen molar-refractivity contribution in [2.45, 2.75) is 32.7 Å². The summed E-state index contributed by atoms with van der Waals surface area (Å²) in [6, 6.07) is 5.57. The van der Waals surface area contributed by atoms with E-state index in [4.69, 9.17) is 5.73 Å². The minimum Gasteiger partial charge on any atom is -0.330 e. The molecule has 1 atom stereocenters. The molecule has 1 aliphatic heterocycles. The topological polar surface area (TPSA) is 63.6 Å². The predicted molar refractivity (Wildman–Crippen MR) is 95.1 cm³/mol. The lowest BCUT2D eigenvalue weighted by molar-refractivity contribution is 0.161. The summed E-state index contributed by atoms with van der Waals surface area (Å²) in [5, 5.41) is 0. The second kappa shape index (κ2) is 7.90. The Kier molecular flexibility index (Phi) is 6.16. The summed E-state index contributed by atoms with van der Waals surface area (Å²) in [7, 11) is 0. The van der Waals surface area contributed by atoms with Crippen molar-refractivity contribution >= 4 is 18.1 Å². The maximum atomic E-state index is 12.2. The van der Waals surface area contributed by atoms with Gasteiger partial charge in [0.15, 0.2) is 0 Å². The van der Waals surface area contributed by atoms with Gasteiger partial charge < -0.3 is 5.73 Å². The Hall–Kier alpha value is -1.43. The molecular formula is C17H25ClN4O. The van der Waals surface area contributed by atoms with Crippen molar-refractivity contribution in [3.8, 4) is 0 Å². The van der Waals surface area contributed by atoms with Gasteiger partial charge in [0.25, 0.3) is 5.56 Å². The molecule has 0 amide bonds. The van der Waals surface area contributed by atoms with Crippen LogP contribution in [0.3, 0.4) is 0 Å². The highest BCUT2D eigenvalue weighted by molar-refractivity contribution is 5.85. The number of likely N-dealkylation sites (tertiary alicyclic amines) is 1. The van der Waals surface area contributed by atoms with Gasteiger partial charge in [-0.1, -0.05) is 6.07 Å². The van der Waals surface area contributed by atoms with Crippen molar-refractivity contribution < 1.29 is 0 Å². The maximum absolute atomic E-state index is 12.2. The second-order valence-corrected chi connectivity index (χ2v) is 6.34. The van der Waals surface area contributed by atoms with Crippen molar-refractivity contribution in [2.24, 2.45) is 11.7 Å². The van der Waals surface area contributed by atoms with E-state index in [-0.39, 0.29) is 18.0 Å². The third-order valence-corrected chi connectivity index (χ3v) is 4.42. The number of hydrogen-bond acceptors (Lipinski definition) is 4. The van der Waals surface area contributed by atoms with Crippen LogP contribution in [0.15, 0.2) is 29.2 Å². The molecule has 0 spiro atoms. The smallest absolute Gasteiger partial charge is 0.258 e. The number of piperidine rings is 1. The van der Waals surface area contributed by atoms with Crippen LogP contribution >= 0.6 is 12.4 Å². The molecule has 0 bridgehead atoms. The number of aryl methyl sites for hydroxylation is 1. The first-order chi connectivity index (χ1) is 10.7. The molecule has 23 heavy (non-hydrogen) atoms. The quantitative estimate of drug-likeness (QED) is 0.927. The molecule has 2 N–H and O–H groups in total. The molecule has 3 heterocycles. The number of hydrogen-bond donors (Lipinski definition) is 1. The third kappa shape index (κ3) is 4.31. The minimum absolute atomic E-state index is 0. The number of pyridine rings is 1. The number of fused-ring (bicyclic) bond motifs is 1. The van der Waals surface area contributed by atoms with Gasteiger partial charge in [-0.3, -0.25) is 14.1 Å². The van der Waals surface area contributed by atoms with E-state index in [0.717, 1.165) is 49.5 Å². The summed E-state index contributed by atoms with van der Waals surface area (Å²) in [6.07, 6.45) is 5.40. The molecule has 0 aliphatic carbocycles. The molecule has 0 aromatic carbocycles. The zero-order chi connectivity index (χ0) is 15.5. The Morgan fingerprint density at radius 1 is 1.39 bits per heavy atom. The van der Waals surface area contributed by atoms with Crippen molar-refractivity contribution in [1.82, 2.24) is 14.3 Å². The van der Waals surface area contributed by atoms with Gasteiger partial charge in [0.05, 0.1) is 5.69 Å². The van der Waals surface area contributed by atoms with Gasteiger partial charge in [0.2, 0.25) is 0 Å². The average molecular weight is 337 g/mol. The first kappa shape index (κ1) is 17.9. The number of nitrogens with two attached hydrogens (primary N) is 1. The molecule has 1 unspecified atom stereocenters. The molecule has 1 aliphatic rings. The van der Waals surface area contributed by atoms with Crippen LogP contribution in [0.4, 0.5) is 0 Å². The second-order valence-electron chi connectivity index (χ2n) is 6.34. The molecular weight excluding hydrogens is 312 g/mol. The van der Waals surface area contributed by atoms with Gasteiger partial charge in [-0.05, 0) is 56.8 Å². The summed E-state index contributed by atoms with van der Waals surface area (Å²) in [5.41, 5.74) is 8.32. The van der Waals surface area contributed by atoms with Crippen LogP contribution in [0.25, 0.3) is 5.65 Å². The molecule has 1 fully saturated rings. The number of aromatic nitrogens is 2. The molecule has 1 saturated heterocycles. The molecule has 0 saturated carbocycles. The number of halogens is 1. The normalized spacial score (nSPS) is 18.8. The fourth-order valence-electron chi connectivity index (χ4n) is 3.33. The van der Waals surface area contributed by atoms with E-state index in [2.05, 4.69) is 9.88 Å². The maximum Gasteiger partial charge on any atom is 0.258 e. The lowest BCUT2D eigenvalue weighted by Gasteiger charge is -2.32. The lowest BCUT2D eigenvalue weighted by Crippen LogP contribution is -2.36. The van der Waals surface area contributed by atoms with Gasteiger partial charge in [-0.15, -0.1) is 12.4 Å². The summed E-state index contributed by atoms with van der Waals surface area (Å²) >= 11 is 0. The molecule has 3 rings (SSSR count). The van der Waals surface area contributed by atoms with Crippen LogP contribution in [0, 0.1) is 12.8 Å². The summed E-state index contributed by atoms with van der Waals surface area (Å²) in [5.74, 6) is 0.683. The van der Waals surface area contributed by atoms with Gasteiger partial charge in [-0.25, -0.2) is 4.98 Å². The fourth-order valence-corrected chi connectivity index (χ4v) is 3.33. The highest BCUT2D eigenvalue weighted by atomic mass is 35.5. The van der Waals surface area contributed by atoms with Crippen molar-refractivity contribution in [2.75, 3.05) is 19.6 Å². The molecule has 2 aromatic heterocycles. The monoisotopic (exact) mass is 336 g/mol. The highest BCUT2D eigenvalue weighted by Crippen LogP contribution is 2.20. The Bertz CT molecular complexity index is 713. The average Bonchev–Trinajstić information content (AvgIpc) is 2.49. The first-order valence-corrected chi connectivity index (χ1v) is 8.07. The first-order valence-electron chi connectivity index (χ1n) is 8.07. The SMILES string of the molecule is Cc1ccc2nc(CN3CCCC(CCN)C3)cc(=O)n2c1.Cl. The van der Waals surface area contributed by atoms with Crippen LogP contribution in [-0.4, -0.2) is 33.9 Å². The molecule has 5 nitrogen and oxygen atoms in total. The van der Waals surface area contributed by atoms with E-state index in [1.54, 1.807) is 10.5 Å². The summed E-state index contributed by atoms with van der Waals surface area (Å²) in [4.78, 5) is 19.3. The summed E-state index contributed by atoms with van der Waals surface area (Å²) in [6.45, 7) is 5.63. The van der Waals surface area contributed by atoms with Crippen molar-refractivity contribution in [3.05, 3.63) is 46.0 Å². The number of nitrogens with zero attached hydrogens (tertiary/aromatic N) is 3. The van der Waals surface area contributed by atoms with Crippen LogP contribution in [-0.2, 0) is 6.54 Å². The summed E-state index contributed by atoms with van der Waals surface area (Å²) < 4.78 is 1.62. The minimum atomic E-state index is -0.000724. The Morgan fingerprint density at radius 3 is 3.00 bits per heavy atom. The molecule has 0 radical (unpaired) electrons. The zero-order valence-electron chi connectivity index (χ0n) is 13.6. The van der Waals surface area contributed by atoms with E-state index in [0.29, 0.717) is 5.92 Å². The third-order valence-electron chi connectivity index (χ3n) is 4.42. The Balaban J connectivity index is 0.00000192. The standard InChI is InChI=1S/C17H24N4O.ClH/c1-13-4-5-16-19-15(9-17(22)21(16)10-13)12-20-8-2-3-14(11-20)6-7-18;/h4-5,9-10,14H,2-3,6-8,11-12,18H2,1H3;1H. The van der Waals surface area contributed by atoms with E-state index < -0.39 is 0 Å². The fraction of sp³-hybridized carbons (Fsp3) is 0.529. The van der Waals surface area contributed by atoms with E-state index >= 15 is 0 Å². The lowest BCUT2D eigenvalue weighted by atomic mass is 9.95. The Morgan fingerprint density at radius 2 is 2.22 bits per heavy atom. The largest absolute Gasteiger partial charge is 0.330 e. The van der Waals surface area contributed by atoms with E-state index in [1.807, 2.05) is 25.3 Å². The van der Waals surface area contributed by atoms with Crippen molar-refractivity contribution in [3.63, 3.8) is 0 Å². The van der Waals surface area contributed by atoms with Gasteiger partial charge in [-0.2, -0.15) is 0 Å². The highest BCUT2D eigenvalue weighted by Gasteiger charge is 2.19. The van der Waals surface area contributed by atoms with Crippen molar-refractivity contribution in [1.29, 1.82) is 0 Å². The van der Waals surface area contributed by atoms with Gasteiger partial charge >= 0.3 is 0 Å². The van der Waals surface area contributed by atoms with Crippen LogP contribution in [0.2, 0.25) is 0 Å². The van der Waals surface area contributed by atoms with Gasteiger partial charge in [0, 0.05) is 25.4 Å². The zero-order valence-corrected chi connectivity index (χ0v) is 14.4. The number of rotatable bonds is 4. The predicted octanol–water partition coefficient (Wildman–Crippen LogP) is 1.99. The molecule has 2 aromatic rings.